The van der Waals surface area contributed by atoms with E-state index in [-0.39, 0.29) is 16.6 Å². The van der Waals surface area contributed by atoms with Gasteiger partial charge in [-0.3, -0.25) is 4.90 Å². The van der Waals surface area contributed by atoms with E-state index in [2.05, 4.69) is 26.9 Å². The fourth-order valence-corrected chi connectivity index (χ4v) is 6.37. The predicted molar refractivity (Wildman–Crippen MR) is 135 cm³/mol. The Morgan fingerprint density at radius 3 is 2.56 bits per heavy atom. The number of halogens is 1. The molecule has 0 radical (unpaired) electrons. The van der Waals surface area contributed by atoms with Gasteiger partial charge in [0.15, 0.2) is 17.3 Å². The molecule has 0 saturated heterocycles. The summed E-state index contributed by atoms with van der Waals surface area (Å²) in [6.07, 6.45) is 5.32. The highest BCUT2D eigenvalue weighted by Crippen LogP contribution is 2.33. The number of rotatable bonds is 11. The van der Waals surface area contributed by atoms with Crippen molar-refractivity contribution in [1.29, 1.82) is 0 Å². The van der Waals surface area contributed by atoms with E-state index in [1.54, 1.807) is 32.4 Å². The minimum Gasteiger partial charge on any atom is -0.493 e. The molecule has 1 aliphatic rings. The van der Waals surface area contributed by atoms with Crippen LogP contribution in [-0.2, 0) is 23.0 Å². The lowest BCUT2D eigenvalue weighted by Crippen LogP contribution is -2.31. The average molecular weight is 528 g/mol. The number of sulfonamides is 1. The maximum atomic E-state index is 12.5. The van der Waals surface area contributed by atoms with Crippen molar-refractivity contribution < 1.29 is 22.4 Å². The van der Waals surface area contributed by atoms with E-state index in [1.807, 2.05) is 0 Å². The van der Waals surface area contributed by atoms with E-state index in [1.165, 1.54) is 28.7 Å². The first-order valence-electron chi connectivity index (χ1n) is 11.0. The van der Waals surface area contributed by atoms with Gasteiger partial charge in [-0.2, -0.15) is 0 Å². The number of unbranched alkanes of at least 4 members (excludes halogenated alkanes) is 2. The highest BCUT2D eigenvalue weighted by atomic mass is 35.5. The Labute approximate surface area is 210 Å². The molecular formula is C23H30ClN3O5S2. The SMILES string of the molecule is COc1cc2c(cc1OC)CN(CCCCCNS(=O)(=O)c1ccc(-c3ccno3)s1)CC2.Cl. The van der Waals surface area contributed by atoms with Crippen LogP contribution in [0, 0.1) is 0 Å². The van der Waals surface area contributed by atoms with E-state index in [0.29, 0.717) is 12.3 Å². The zero-order valence-corrected chi connectivity index (χ0v) is 21.7. The fourth-order valence-electron chi connectivity index (χ4n) is 3.99. The minimum atomic E-state index is -3.51. The number of methoxy groups -OCH3 is 2. The van der Waals surface area contributed by atoms with Gasteiger partial charge in [0, 0.05) is 25.7 Å². The van der Waals surface area contributed by atoms with Crippen LogP contribution in [0.3, 0.4) is 0 Å². The summed E-state index contributed by atoms with van der Waals surface area (Å²) in [5, 5.41) is 3.66. The third-order valence-electron chi connectivity index (χ3n) is 5.77. The molecule has 0 aliphatic carbocycles. The molecule has 1 aliphatic heterocycles. The second kappa shape index (κ2) is 12.0. The topological polar surface area (TPSA) is 93.9 Å². The summed E-state index contributed by atoms with van der Waals surface area (Å²) in [6, 6.07) is 9.21. The Morgan fingerprint density at radius 1 is 1.09 bits per heavy atom. The zero-order chi connectivity index (χ0) is 23.3. The minimum absolute atomic E-state index is 0. The number of hydrogen-bond donors (Lipinski definition) is 1. The highest BCUT2D eigenvalue weighted by molar-refractivity contribution is 7.91. The van der Waals surface area contributed by atoms with E-state index >= 15 is 0 Å². The van der Waals surface area contributed by atoms with E-state index < -0.39 is 10.0 Å². The summed E-state index contributed by atoms with van der Waals surface area (Å²) in [5.41, 5.74) is 2.60. The van der Waals surface area contributed by atoms with E-state index in [4.69, 9.17) is 14.0 Å². The van der Waals surface area contributed by atoms with Gasteiger partial charge in [0.25, 0.3) is 0 Å². The lowest BCUT2D eigenvalue weighted by atomic mass is 9.98. The first-order valence-corrected chi connectivity index (χ1v) is 13.3. The molecule has 4 rings (SSSR count). The Bertz CT molecular complexity index is 1170. The molecule has 186 valence electrons. The largest absolute Gasteiger partial charge is 0.493 e. The van der Waals surface area contributed by atoms with Gasteiger partial charge in [0.2, 0.25) is 10.0 Å². The van der Waals surface area contributed by atoms with Crippen LogP contribution in [-0.4, -0.2) is 52.3 Å². The molecule has 3 heterocycles. The number of nitrogens with one attached hydrogen (secondary N) is 1. The summed E-state index contributed by atoms with van der Waals surface area (Å²) < 4.78 is 44.0. The molecule has 0 saturated carbocycles. The molecule has 34 heavy (non-hydrogen) atoms. The van der Waals surface area contributed by atoms with Gasteiger partial charge < -0.3 is 14.0 Å². The molecular weight excluding hydrogens is 498 g/mol. The van der Waals surface area contributed by atoms with Crippen LogP contribution in [0.15, 0.2) is 45.3 Å². The molecule has 1 aromatic carbocycles. The van der Waals surface area contributed by atoms with Crippen molar-refractivity contribution >= 4 is 33.8 Å². The summed E-state index contributed by atoms with van der Waals surface area (Å²) in [7, 11) is -0.188. The maximum Gasteiger partial charge on any atom is 0.250 e. The molecule has 11 heteroatoms. The van der Waals surface area contributed by atoms with Crippen molar-refractivity contribution in [3.63, 3.8) is 0 Å². The van der Waals surface area contributed by atoms with Gasteiger partial charge in [-0.25, -0.2) is 13.1 Å². The monoisotopic (exact) mass is 527 g/mol. The summed E-state index contributed by atoms with van der Waals surface area (Å²) in [4.78, 5) is 3.18. The van der Waals surface area contributed by atoms with Crippen LogP contribution in [0.1, 0.15) is 30.4 Å². The molecule has 2 aromatic heterocycles. The van der Waals surface area contributed by atoms with E-state index in [9.17, 15) is 8.42 Å². The molecule has 1 N–H and O–H groups in total. The average Bonchev–Trinajstić information content (AvgIpc) is 3.52. The molecule has 0 amide bonds. The van der Waals surface area contributed by atoms with E-state index in [0.717, 1.165) is 61.7 Å². The summed E-state index contributed by atoms with van der Waals surface area (Å²) >= 11 is 1.18. The number of fused-ring (bicyclic) bond motifs is 1. The Kier molecular flexibility index (Phi) is 9.38. The quantitative estimate of drug-likeness (QED) is 0.370. The van der Waals surface area contributed by atoms with Gasteiger partial charge in [-0.05, 0) is 61.2 Å². The van der Waals surface area contributed by atoms with Gasteiger partial charge in [0.05, 0.1) is 25.3 Å². The highest BCUT2D eigenvalue weighted by Gasteiger charge is 2.20. The number of nitrogens with zero attached hydrogens (tertiary/aromatic N) is 2. The molecule has 0 atom stereocenters. The molecule has 3 aromatic rings. The van der Waals surface area contributed by atoms with Gasteiger partial charge in [0.1, 0.15) is 4.21 Å². The molecule has 0 unspecified atom stereocenters. The zero-order valence-electron chi connectivity index (χ0n) is 19.3. The number of thiophene rings is 1. The third-order valence-corrected chi connectivity index (χ3v) is 8.82. The number of aromatic nitrogens is 1. The molecule has 0 spiro atoms. The van der Waals surface area contributed by atoms with Gasteiger partial charge in [-0.15, -0.1) is 23.7 Å². The predicted octanol–water partition coefficient (Wildman–Crippen LogP) is 4.35. The molecule has 8 nitrogen and oxygen atoms in total. The Hall–Kier alpha value is -2.11. The lowest BCUT2D eigenvalue weighted by Gasteiger charge is -2.29. The Balaban J connectivity index is 0.00000324. The fraction of sp³-hybridized carbons (Fsp3) is 0.435. The van der Waals surface area contributed by atoms with Crippen molar-refractivity contribution in [2.75, 3.05) is 33.9 Å². The van der Waals surface area contributed by atoms with Crippen LogP contribution < -0.4 is 14.2 Å². The van der Waals surface area contributed by atoms with Crippen molar-refractivity contribution in [2.45, 2.75) is 36.4 Å². The second-order valence-corrected chi connectivity index (χ2v) is 11.0. The number of hydrogen-bond acceptors (Lipinski definition) is 8. The Morgan fingerprint density at radius 2 is 1.85 bits per heavy atom. The van der Waals surface area contributed by atoms with Crippen molar-refractivity contribution in [3.05, 3.63) is 47.7 Å². The van der Waals surface area contributed by atoms with Crippen LogP contribution in [0.2, 0.25) is 0 Å². The standard InChI is InChI=1S/C23H29N3O5S2.ClH/c1-29-20-14-17-9-13-26(16-18(17)15-21(20)30-2)12-5-3-4-10-25-33(27,28)23-7-6-22(32-23)19-8-11-24-31-19;/h6-8,11,14-15,25H,3-5,9-10,12-13,16H2,1-2H3;1H. The normalized spacial score (nSPS) is 13.8. The first-order chi connectivity index (χ1) is 16.0. The molecule has 0 fully saturated rings. The van der Waals surface area contributed by atoms with Crippen LogP contribution in [0.4, 0.5) is 0 Å². The maximum absolute atomic E-state index is 12.5. The number of benzene rings is 1. The van der Waals surface area contributed by atoms with Gasteiger partial charge >= 0.3 is 0 Å². The summed E-state index contributed by atoms with van der Waals surface area (Å²) in [6.45, 7) is 3.33. The van der Waals surface area contributed by atoms with Crippen molar-refractivity contribution in [2.24, 2.45) is 0 Å². The van der Waals surface area contributed by atoms with Crippen LogP contribution in [0.5, 0.6) is 11.5 Å². The van der Waals surface area contributed by atoms with Gasteiger partial charge in [-0.1, -0.05) is 11.6 Å². The number of ether oxygens (including phenoxy) is 2. The van der Waals surface area contributed by atoms with Crippen molar-refractivity contribution in [1.82, 2.24) is 14.8 Å². The third kappa shape index (κ3) is 6.31. The smallest absolute Gasteiger partial charge is 0.250 e. The lowest BCUT2D eigenvalue weighted by molar-refractivity contribution is 0.247. The van der Waals surface area contributed by atoms with Crippen molar-refractivity contribution in [3.8, 4) is 22.1 Å². The van der Waals surface area contributed by atoms with Crippen LogP contribution in [0.25, 0.3) is 10.6 Å². The second-order valence-electron chi connectivity index (χ2n) is 7.96. The first kappa shape index (κ1) is 26.5. The van der Waals surface area contributed by atoms with Crippen LogP contribution >= 0.6 is 23.7 Å². The summed E-state index contributed by atoms with van der Waals surface area (Å²) in [5.74, 6) is 2.12. The molecule has 0 bridgehead atoms.